The van der Waals surface area contributed by atoms with Gasteiger partial charge in [-0.2, -0.15) is 0 Å². The van der Waals surface area contributed by atoms with E-state index in [-0.39, 0.29) is 6.04 Å². The quantitative estimate of drug-likeness (QED) is 0.624. The first-order chi connectivity index (χ1) is 8.85. The molecule has 0 aliphatic heterocycles. The zero-order chi connectivity index (χ0) is 12.8. The molecular formula is C17H23N. The first-order valence-electron chi connectivity index (χ1n) is 7.15. The summed E-state index contributed by atoms with van der Waals surface area (Å²) < 4.78 is 0. The van der Waals surface area contributed by atoms with Gasteiger partial charge in [-0.25, -0.2) is 0 Å². The molecule has 1 nitrogen and oxygen atoms in total. The molecular weight excluding hydrogens is 218 g/mol. The minimum absolute atomic E-state index is 0.214. The Labute approximate surface area is 111 Å². The molecule has 1 heteroatoms. The highest BCUT2D eigenvalue weighted by Gasteiger charge is 2.19. The van der Waals surface area contributed by atoms with Crippen molar-refractivity contribution in [3.8, 4) is 12.3 Å². The van der Waals surface area contributed by atoms with Gasteiger partial charge < -0.3 is 0 Å². The van der Waals surface area contributed by atoms with Crippen LogP contribution >= 0.6 is 0 Å². The van der Waals surface area contributed by atoms with E-state index in [4.69, 9.17) is 6.42 Å². The molecule has 1 aliphatic rings. The maximum Gasteiger partial charge on any atom is 0.0691 e. The Morgan fingerprint density at radius 2 is 2.22 bits per heavy atom. The zero-order valence-corrected chi connectivity index (χ0v) is 11.3. The monoisotopic (exact) mass is 241 g/mol. The first kappa shape index (κ1) is 13.2. The van der Waals surface area contributed by atoms with Crippen LogP contribution in [0.5, 0.6) is 0 Å². The second-order valence-corrected chi connectivity index (χ2v) is 5.17. The van der Waals surface area contributed by atoms with E-state index in [0.29, 0.717) is 6.04 Å². The summed E-state index contributed by atoms with van der Waals surface area (Å²) in [6.07, 6.45) is 12.8. The maximum atomic E-state index is 5.62. The Balaban J connectivity index is 2.15. The Morgan fingerprint density at radius 3 is 3.00 bits per heavy atom. The van der Waals surface area contributed by atoms with Gasteiger partial charge in [-0.05, 0) is 36.8 Å². The van der Waals surface area contributed by atoms with E-state index in [1.165, 1.54) is 36.8 Å². The smallest absolute Gasteiger partial charge is 0.0691 e. The summed E-state index contributed by atoms with van der Waals surface area (Å²) in [5.74, 6) is 2.89. The molecule has 2 atom stereocenters. The molecule has 1 N–H and O–H groups in total. The molecule has 96 valence electrons. The van der Waals surface area contributed by atoms with Crippen molar-refractivity contribution >= 4 is 0 Å². The van der Waals surface area contributed by atoms with Crippen LogP contribution in [0.4, 0.5) is 0 Å². The molecule has 1 aromatic carbocycles. The van der Waals surface area contributed by atoms with Gasteiger partial charge >= 0.3 is 0 Å². The summed E-state index contributed by atoms with van der Waals surface area (Å²) in [6.45, 7) is 2.19. The Hall–Kier alpha value is -1.26. The van der Waals surface area contributed by atoms with Crippen molar-refractivity contribution in [2.45, 2.75) is 57.5 Å². The van der Waals surface area contributed by atoms with Crippen LogP contribution in [0.25, 0.3) is 0 Å². The molecule has 18 heavy (non-hydrogen) atoms. The standard InChI is InChI=1S/C17H23N/c1-3-9-15(4-2)18-17-13-8-6-11-14-10-5-7-12-16(14)17/h2,5,7,10,12,15,17-18H,3,6,8-9,11,13H2,1H3. The molecule has 0 heterocycles. The van der Waals surface area contributed by atoms with Gasteiger partial charge in [0.1, 0.15) is 0 Å². The van der Waals surface area contributed by atoms with Crippen LogP contribution in [0.1, 0.15) is 56.2 Å². The topological polar surface area (TPSA) is 12.0 Å². The summed E-state index contributed by atoms with van der Waals surface area (Å²) in [5.41, 5.74) is 2.96. The second kappa shape index (κ2) is 6.61. The molecule has 0 bridgehead atoms. The average Bonchev–Trinajstić information content (AvgIpc) is 2.61. The minimum atomic E-state index is 0.214. The van der Waals surface area contributed by atoms with Gasteiger partial charge in [0.2, 0.25) is 0 Å². The lowest BCUT2D eigenvalue weighted by Crippen LogP contribution is -2.31. The van der Waals surface area contributed by atoms with Gasteiger partial charge in [0.05, 0.1) is 6.04 Å². The Bertz CT molecular complexity index is 416. The average molecular weight is 241 g/mol. The second-order valence-electron chi connectivity index (χ2n) is 5.17. The molecule has 0 aromatic heterocycles. The molecule has 1 aromatic rings. The molecule has 0 radical (unpaired) electrons. The summed E-state index contributed by atoms with van der Waals surface area (Å²) in [6, 6.07) is 9.47. The van der Waals surface area contributed by atoms with Crippen LogP contribution in [0.3, 0.4) is 0 Å². The number of benzene rings is 1. The molecule has 0 amide bonds. The van der Waals surface area contributed by atoms with Crippen LogP contribution in [-0.4, -0.2) is 6.04 Å². The molecule has 2 rings (SSSR count). The van der Waals surface area contributed by atoms with Crippen LogP contribution in [0.2, 0.25) is 0 Å². The third-order valence-corrected chi connectivity index (χ3v) is 3.80. The van der Waals surface area contributed by atoms with Gasteiger partial charge in [0.25, 0.3) is 0 Å². The maximum absolute atomic E-state index is 5.62. The Morgan fingerprint density at radius 1 is 1.39 bits per heavy atom. The SMILES string of the molecule is C#CC(CCC)NC1CCCCc2ccccc21. The number of fused-ring (bicyclic) bond motifs is 1. The molecule has 0 spiro atoms. The fourth-order valence-electron chi connectivity index (χ4n) is 2.84. The number of rotatable bonds is 4. The fraction of sp³-hybridized carbons (Fsp3) is 0.529. The summed E-state index contributed by atoms with van der Waals surface area (Å²) >= 11 is 0. The summed E-state index contributed by atoms with van der Waals surface area (Å²) in [5, 5.41) is 3.67. The van der Waals surface area contributed by atoms with E-state index in [1.807, 2.05) is 0 Å². The molecule has 0 saturated carbocycles. The van der Waals surface area contributed by atoms with Crippen molar-refractivity contribution < 1.29 is 0 Å². The first-order valence-corrected chi connectivity index (χ1v) is 7.15. The highest BCUT2D eigenvalue weighted by Crippen LogP contribution is 2.29. The normalized spacial score (nSPS) is 20.6. The van der Waals surface area contributed by atoms with Gasteiger partial charge in [0.15, 0.2) is 0 Å². The predicted octanol–water partition coefficient (Wildman–Crippen LogP) is 3.85. The number of hydrogen-bond acceptors (Lipinski definition) is 1. The van der Waals surface area contributed by atoms with E-state index >= 15 is 0 Å². The molecule has 0 fully saturated rings. The van der Waals surface area contributed by atoms with Gasteiger partial charge in [-0.15, -0.1) is 6.42 Å². The van der Waals surface area contributed by atoms with Crippen LogP contribution in [-0.2, 0) is 6.42 Å². The lowest BCUT2D eigenvalue weighted by molar-refractivity contribution is 0.442. The van der Waals surface area contributed by atoms with Crippen LogP contribution < -0.4 is 5.32 Å². The number of hydrogen-bond donors (Lipinski definition) is 1. The highest BCUT2D eigenvalue weighted by molar-refractivity contribution is 5.31. The van der Waals surface area contributed by atoms with Crippen molar-refractivity contribution in [2.75, 3.05) is 0 Å². The zero-order valence-electron chi connectivity index (χ0n) is 11.3. The molecule has 2 unspecified atom stereocenters. The van der Waals surface area contributed by atoms with Crippen LogP contribution in [0.15, 0.2) is 24.3 Å². The van der Waals surface area contributed by atoms with E-state index in [1.54, 1.807) is 0 Å². The van der Waals surface area contributed by atoms with E-state index < -0.39 is 0 Å². The largest absolute Gasteiger partial charge is 0.297 e. The number of nitrogens with one attached hydrogen (secondary N) is 1. The van der Waals surface area contributed by atoms with Crippen molar-refractivity contribution in [1.82, 2.24) is 5.32 Å². The predicted molar refractivity (Wildman–Crippen MR) is 77.4 cm³/mol. The molecule has 0 saturated heterocycles. The van der Waals surface area contributed by atoms with E-state index in [0.717, 1.165) is 12.8 Å². The summed E-state index contributed by atoms with van der Waals surface area (Å²) in [7, 11) is 0. The van der Waals surface area contributed by atoms with Crippen LogP contribution in [0, 0.1) is 12.3 Å². The van der Waals surface area contributed by atoms with Crippen molar-refractivity contribution in [1.29, 1.82) is 0 Å². The summed E-state index contributed by atoms with van der Waals surface area (Å²) in [4.78, 5) is 0. The van der Waals surface area contributed by atoms with E-state index in [9.17, 15) is 0 Å². The van der Waals surface area contributed by atoms with Crippen molar-refractivity contribution in [2.24, 2.45) is 0 Å². The number of terminal acetylenes is 1. The van der Waals surface area contributed by atoms with Crippen molar-refractivity contribution in [3.63, 3.8) is 0 Å². The molecule has 1 aliphatic carbocycles. The Kier molecular flexibility index (Phi) is 4.84. The minimum Gasteiger partial charge on any atom is -0.297 e. The third kappa shape index (κ3) is 3.15. The van der Waals surface area contributed by atoms with E-state index in [2.05, 4.69) is 42.4 Å². The van der Waals surface area contributed by atoms with Gasteiger partial charge in [-0.1, -0.05) is 50.0 Å². The van der Waals surface area contributed by atoms with Crippen molar-refractivity contribution in [3.05, 3.63) is 35.4 Å². The highest BCUT2D eigenvalue weighted by atomic mass is 14.9. The van der Waals surface area contributed by atoms with Gasteiger partial charge in [0, 0.05) is 6.04 Å². The van der Waals surface area contributed by atoms with Gasteiger partial charge in [-0.3, -0.25) is 5.32 Å². The fourth-order valence-corrected chi connectivity index (χ4v) is 2.84. The third-order valence-electron chi connectivity index (χ3n) is 3.80. The lowest BCUT2D eigenvalue weighted by Gasteiger charge is -2.23. The lowest BCUT2D eigenvalue weighted by atomic mass is 9.98. The number of aryl methyl sites for hydroxylation is 1.